The highest BCUT2D eigenvalue weighted by molar-refractivity contribution is 6.31. The Morgan fingerprint density at radius 3 is 2.71 bits per heavy atom. The zero-order valence-electron chi connectivity index (χ0n) is 21.8. The highest BCUT2D eigenvalue weighted by Crippen LogP contribution is 2.33. The first-order valence-corrected chi connectivity index (χ1v) is 13.2. The number of benzene rings is 1. The van der Waals surface area contributed by atoms with Crippen molar-refractivity contribution in [1.29, 1.82) is 5.26 Å². The van der Waals surface area contributed by atoms with Crippen LogP contribution in [0, 0.1) is 17.1 Å². The zero-order chi connectivity index (χ0) is 29.4. The Morgan fingerprint density at radius 2 is 2.00 bits per heavy atom. The molecule has 5 aromatic rings. The molecule has 0 radical (unpaired) electrons. The van der Waals surface area contributed by atoms with Gasteiger partial charge in [0.15, 0.2) is 17.9 Å². The Labute approximate surface area is 242 Å². The minimum Gasteiger partial charge on any atom is -0.340 e. The molecule has 42 heavy (non-hydrogen) atoms. The third kappa shape index (κ3) is 4.86. The Balaban J connectivity index is 1.42. The van der Waals surface area contributed by atoms with Crippen molar-refractivity contribution in [3.63, 3.8) is 0 Å². The Morgan fingerprint density at radius 1 is 1.14 bits per heavy atom. The number of nitriles is 1. The summed E-state index contributed by atoms with van der Waals surface area (Å²) in [6.45, 7) is 0.785. The highest BCUT2D eigenvalue weighted by atomic mass is 35.5. The van der Waals surface area contributed by atoms with Gasteiger partial charge < -0.3 is 4.90 Å². The van der Waals surface area contributed by atoms with E-state index in [4.69, 9.17) is 11.6 Å². The molecule has 1 fully saturated rings. The fourth-order valence-electron chi connectivity index (χ4n) is 5.02. The van der Waals surface area contributed by atoms with E-state index >= 15 is 4.39 Å². The molecule has 210 valence electrons. The topological polar surface area (TPSA) is 154 Å². The number of aromatic nitrogens is 8. The molecule has 4 aromatic heterocycles. The van der Waals surface area contributed by atoms with E-state index in [0.717, 1.165) is 15.9 Å². The first-order chi connectivity index (χ1) is 20.3. The number of rotatable bonds is 7. The van der Waals surface area contributed by atoms with Gasteiger partial charge in [-0.05, 0) is 40.6 Å². The van der Waals surface area contributed by atoms with Crippen LogP contribution >= 0.6 is 11.6 Å². The summed E-state index contributed by atoms with van der Waals surface area (Å²) in [5.74, 6) is -0.716. The second-order valence-electron chi connectivity index (χ2n) is 9.62. The van der Waals surface area contributed by atoms with Crippen molar-refractivity contribution >= 4 is 17.5 Å². The van der Waals surface area contributed by atoms with E-state index in [-0.39, 0.29) is 28.7 Å². The summed E-state index contributed by atoms with van der Waals surface area (Å²) in [6.07, 6.45) is 8.49. The maximum Gasteiger partial charge on any atom is 0.333 e. The molecule has 1 amide bonds. The van der Waals surface area contributed by atoms with Gasteiger partial charge in [-0.25, -0.2) is 4.39 Å². The number of hydrogen-bond acceptors (Lipinski definition) is 8. The van der Waals surface area contributed by atoms with Gasteiger partial charge >= 0.3 is 5.69 Å². The predicted molar refractivity (Wildman–Crippen MR) is 141 cm³/mol. The number of likely N-dealkylation sites (tertiary alicyclic amines) is 1. The van der Waals surface area contributed by atoms with Gasteiger partial charge in [-0.1, -0.05) is 11.6 Å². The van der Waals surface area contributed by atoms with Crippen LogP contribution in [-0.2, 0) is 4.79 Å². The number of amides is 1. The molecule has 5 heterocycles. The molecule has 0 aliphatic carbocycles. The van der Waals surface area contributed by atoms with Gasteiger partial charge in [0.1, 0.15) is 6.33 Å². The molecule has 1 aliphatic heterocycles. The summed E-state index contributed by atoms with van der Waals surface area (Å²) in [5.41, 5.74) is 2.39. The number of carbonyl (C=O) groups excluding carboxylic acids is 1. The lowest BCUT2D eigenvalue weighted by atomic mass is 10.0. The van der Waals surface area contributed by atoms with E-state index < -0.39 is 11.9 Å². The van der Waals surface area contributed by atoms with Crippen molar-refractivity contribution in [1.82, 2.24) is 34.9 Å². The van der Waals surface area contributed by atoms with Crippen LogP contribution < -0.4 is 9.46 Å². The Kier molecular flexibility index (Phi) is 6.93. The van der Waals surface area contributed by atoms with Crippen LogP contribution in [0.2, 0.25) is 5.02 Å². The van der Waals surface area contributed by atoms with Crippen LogP contribution in [0.25, 0.3) is 27.9 Å². The molecule has 1 unspecified atom stereocenters. The quantitative estimate of drug-likeness (QED) is 0.216. The summed E-state index contributed by atoms with van der Waals surface area (Å²) >= 11 is 6.10. The van der Waals surface area contributed by atoms with Gasteiger partial charge in [-0.15, -0.1) is 5.10 Å². The van der Waals surface area contributed by atoms with Crippen LogP contribution in [-0.4, -0.2) is 64.3 Å². The van der Waals surface area contributed by atoms with Gasteiger partial charge in [0, 0.05) is 52.4 Å². The molecule has 6 rings (SSSR count). The van der Waals surface area contributed by atoms with Crippen LogP contribution in [0.3, 0.4) is 0 Å². The van der Waals surface area contributed by atoms with E-state index in [1.165, 1.54) is 35.5 Å². The van der Waals surface area contributed by atoms with Crippen LogP contribution in [0.5, 0.6) is 0 Å². The summed E-state index contributed by atoms with van der Waals surface area (Å²) in [6, 6.07) is 10.6. The number of hydrogen-bond donors (Lipinski definition) is 2. The number of carbonyl (C=O) groups is 1. The molecular weight excluding hydrogens is 567 g/mol. The minimum absolute atomic E-state index is 0.00482. The van der Waals surface area contributed by atoms with E-state index in [2.05, 4.69) is 20.6 Å². The summed E-state index contributed by atoms with van der Waals surface area (Å²) in [5, 5.41) is 45.8. The monoisotopic (exact) mass is 588 g/mol. The average Bonchev–Trinajstić information content (AvgIpc) is 3.77. The molecule has 1 aromatic carbocycles. The lowest BCUT2D eigenvalue weighted by molar-refractivity contribution is -0.910. The third-order valence-electron chi connectivity index (χ3n) is 7.13. The largest absolute Gasteiger partial charge is 0.340 e. The molecule has 1 aliphatic rings. The third-order valence-corrected chi connectivity index (χ3v) is 7.42. The molecule has 0 spiro atoms. The smallest absolute Gasteiger partial charge is 0.333 e. The molecule has 15 heteroatoms. The molecule has 2 N–H and O–H groups in total. The lowest BCUT2D eigenvalue weighted by Gasteiger charge is -2.22. The van der Waals surface area contributed by atoms with E-state index in [1.807, 2.05) is 6.07 Å². The maximum absolute atomic E-state index is 15.4. The van der Waals surface area contributed by atoms with E-state index in [9.17, 15) is 20.5 Å². The fraction of sp³-hybridized carbons (Fsp3) is 0.185. The number of tetrazole rings is 1. The van der Waals surface area contributed by atoms with Gasteiger partial charge in [0.2, 0.25) is 18.3 Å². The maximum atomic E-state index is 15.4. The zero-order valence-corrected chi connectivity index (χ0v) is 22.5. The van der Waals surface area contributed by atoms with Gasteiger partial charge in [0.05, 0.1) is 34.6 Å². The van der Waals surface area contributed by atoms with Gasteiger partial charge in [-0.2, -0.15) is 15.0 Å². The van der Waals surface area contributed by atoms with E-state index in [0.29, 0.717) is 41.0 Å². The molecule has 13 nitrogen and oxygen atoms in total. The summed E-state index contributed by atoms with van der Waals surface area (Å²) in [4.78, 5) is 14.2. The second kappa shape index (κ2) is 10.9. The van der Waals surface area contributed by atoms with E-state index in [1.54, 1.807) is 46.2 Å². The van der Waals surface area contributed by atoms with Crippen molar-refractivity contribution < 1.29 is 29.1 Å². The number of pyridine rings is 2. The number of halogens is 2. The van der Waals surface area contributed by atoms with Crippen molar-refractivity contribution in [3.8, 4) is 34.0 Å². The van der Waals surface area contributed by atoms with Gasteiger partial charge in [-0.3, -0.25) is 19.9 Å². The number of nitrogens with zero attached hydrogens (tertiary/aromatic N) is 10. The summed E-state index contributed by atoms with van der Waals surface area (Å²) in [7, 11) is 0. The van der Waals surface area contributed by atoms with Gasteiger partial charge in [0.25, 0.3) is 5.69 Å². The molecular formula is C27H22ClFN10O3+2. The highest BCUT2D eigenvalue weighted by Gasteiger charge is 2.33. The summed E-state index contributed by atoms with van der Waals surface area (Å²) < 4.78 is 19.8. The molecule has 1 atom stereocenters. The van der Waals surface area contributed by atoms with Crippen molar-refractivity contribution in [2.24, 2.45) is 0 Å². The van der Waals surface area contributed by atoms with Crippen LogP contribution in [0.15, 0.2) is 67.5 Å². The van der Waals surface area contributed by atoms with Crippen LogP contribution in [0.4, 0.5) is 4.39 Å². The molecule has 1 saturated heterocycles. The first kappa shape index (κ1) is 26.8. The standard InChI is InChI=1S/C27H22ClFN10O3/c28-21-4-6-23(37-16-31-33-34-37)26(27(21)29)18-3-5-22(39(42)14-18)24(15-35-8-1-2-25(35)40)36-13-19(12-32-36)17-7-9-38(41)20(10-17)11-30/h3-7,9-10,12-14,16,24,41-42H,1-2,8,15H2/q+2. The first-order valence-electron chi connectivity index (χ1n) is 12.8. The van der Waals surface area contributed by atoms with Crippen molar-refractivity contribution in [3.05, 3.63) is 89.7 Å². The predicted octanol–water partition coefficient (Wildman–Crippen LogP) is 2.12. The Hall–Kier alpha value is -5.42. The fourth-order valence-corrected chi connectivity index (χ4v) is 5.18. The SMILES string of the molecule is N#Cc1cc(-c2cnn(C(CN3CCCC3=O)c3ccc(-c4c(-n5cnnn5)ccc(Cl)c4F)c[n+]3O)c2)cc[n+]1O. The minimum atomic E-state index is -0.711. The molecule has 0 bridgehead atoms. The normalized spacial score (nSPS) is 13.8. The van der Waals surface area contributed by atoms with Crippen LogP contribution in [0.1, 0.15) is 30.3 Å². The lowest BCUT2D eigenvalue weighted by Crippen LogP contribution is -2.42. The van der Waals surface area contributed by atoms with Crippen molar-refractivity contribution in [2.45, 2.75) is 18.9 Å². The van der Waals surface area contributed by atoms with Crippen molar-refractivity contribution in [2.75, 3.05) is 13.1 Å². The Bertz CT molecular complexity index is 1850. The second-order valence-corrected chi connectivity index (χ2v) is 10.0. The average molecular weight is 589 g/mol. The molecule has 0 saturated carbocycles.